The maximum absolute atomic E-state index is 13.2. The van der Waals surface area contributed by atoms with Crippen molar-refractivity contribution in [2.45, 2.75) is 58.5 Å². The lowest BCUT2D eigenvalue weighted by molar-refractivity contribution is -0.431. The second-order valence-corrected chi connectivity index (χ2v) is 6.12. The Bertz CT molecular complexity index is 540. The number of hydrogen-bond acceptors (Lipinski definition) is 0. The molecule has 18 heteroatoms. The summed E-state index contributed by atoms with van der Waals surface area (Å²) in [5, 5.41) is 0. The first-order chi connectivity index (χ1) is 12.0. The minimum absolute atomic E-state index is 0.361. The molecular formula is C10H4F17I. The second-order valence-electron chi connectivity index (χ2n) is 5.02. The van der Waals surface area contributed by atoms with E-state index >= 15 is 0 Å². The van der Waals surface area contributed by atoms with Gasteiger partial charge in [0.25, 0.3) is 6.43 Å². The van der Waals surface area contributed by atoms with Gasteiger partial charge >= 0.3 is 35.5 Å². The van der Waals surface area contributed by atoms with Crippen LogP contribution in [0.15, 0.2) is 0 Å². The molecule has 0 rings (SSSR count). The molecule has 3 unspecified atom stereocenters. The third kappa shape index (κ3) is 3.69. The Morgan fingerprint density at radius 1 is 0.464 bits per heavy atom. The van der Waals surface area contributed by atoms with Gasteiger partial charge in [0.1, 0.15) is 0 Å². The number of rotatable bonds is 9. The van der Waals surface area contributed by atoms with Crippen molar-refractivity contribution in [2.75, 3.05) is 0 Å². The lowest BCUT2D eigenvalue weighted by Gasteiger charge is -2.42. The average Bonchev–Trinajstić information content (AvgIpc) is 2.51. The van der Waals surface area contributed by atoms with E-state index in [-0.39, 0.29) is 22.6 Å². The molecule has 0 spiro atoms. The summed E-state index contributed by atoms with van der Waals surface area (Å²) in [7, 11) is 0. The van der Waals surface area contributed by atoms with Crippen LogP contribution in [0.1, 0.15) is 0 Å². The van der Waals surface area contributed by atoms with E-state index in [1.165, 1.54) is 0 Å². The highest BCUT2D eigenvalue weighted by molar-refractivity contribution is 14.1. The van der Waals surface area contributed by atoms with E-state index in [0.29, 0.717) is 0 Å². The van der Waals surface area contributed by atoms with Gasteiger partial charge in [-0.3, -0.25) is 0 Å². The van der Waals surface area contributed by atoms with Crippen LogP contribution >= 0.6 is 22.6 Å². The molecule has 0 saturated heterocycles. The van der Waals surface area contributed by atoms with Crippen molar-refractivity contribution in [3.05, 3.63) is 0 Å². The average molecular weight is 574 g/mol. The Morgan fingerprint density at radius 2 is 0.750 bits per heavy atom. The van der Waals surface area contributed by atoms with Gasteiger partial charge in [0.15, 0.2) is 6.17 Å². The largest absolute Gasteiger partial charge is 0.384 e. The van der Waals surface area contributed by atoms with Gasteiger partial charge in [-0.05, 0) is 22.6 Å². The fourth-order valence-electron chi connectivity index (χ4n) is 1.45. The standard InChI is InChI=1S/C10H4F17I/c11-1(3(13)14)2(12)5(16,17)7(20,21)9(24,25)10(26,27)8(22,23)6(18,19)4(15)28/h1-4H. The van der Waals surface area contributed by atoms with Crippen molar-refractivity contribution in [3.63, 3.8) is 0 Å². The monoisotopic (exact) mass is 574 g/mol. The van der Waals surface area contributed by atoms with Crippen molar-refractivity contribution in [2.24, 2.45) is 0 Å². The number of alkyl halides is 18. The minimum atomic E-state index is -8.31. The molecule has 0 bridgehead atoms. The SMILES string of the molecule is FC(F)C(F)C(F)C(F)(F)C(F)(F)C(F)(F)C(F)(F)C(F)(F)C(F)(F)C(F)I. The second kappa shape index (κ2) is 7.66. The highest BCUT2D eigenvalue weighted by atomic mass is 127. The third-order valence-electron chi connectivity index (χ3n) is 3.16. The molecule has 0 radical (unpaired) electrons. The van der Waals surface area contributed by atoms with Crippen LogP contribution in [-0.4, -0.2) is 58.5 Å². The summed E-state index contributed by atoms with van der Waals surface area (Å²) in [4.78, 5) is 0. The zero-order valence-corrected chi connectivity index (χ0v) is 14.3. The summed E-state index contributed by atoms with van der Waals surface area (Å²) >= 11 is -0.361. The van der Waals surface area contributed by atoms with Crippen LogP contribution in [0.25, 0.3) is 0 Å². The summed E-state index contributed by atoms with van der Waals surface area (Å²) in [6.45, 7) is 0. The molecule has 0 aromatic rings. The molecule has 0 aromatic heterocycles. The van der Waals surface area contributed by atoms with Crippen LogP contribution in [0.5, 0.6) is 0 Å². The van der Waals surface area contributed by atoms with E-state index in [9.17, 15) is 74.6 Å². The van der Waals surface area contributed by atoms with Gasteiger partial charge in [0.05, 0.1) is 0 Å². The quantitative estimate of drug-likeness (QED) is 0.168. The fraction of sp³-hybridized carbons (Fsp3) is 1.00. The molecule has 170 valence electrons. The summed E-state index contributed by atoms with van der Waals surface area (Å²) in [5.74, 6) is -46.8. The lowest BCUT2D eigenvalue weighted by Crippen LogP contribution is -2.73. The predicted molar refractivity (Wildman–Crippen MR) is 64.4 cm³/mol. The Labute approximate surface area is 156 Å². The van der Waals surface area contributed by atoms with Crippen LogP contribution in [-0.2, 0) is 0 Å². The van der Waals surface area contributed by atoms with E-state index in [2.05, 4.69) is 0 Å². The Hall–Kier alpha value is -0.460. The molecule has 0 nitrogen and oxygen atoms in total. The van der Waals surface area contributed by atoms with Gasteiger partial charge in [0.2, 0.25) is 10.4 Å². The predicted octanol–water partition coefficient (Wildman–Crippen LogP) is 6.47. The van der Waals surface area contributed by atoms with Crippen LogP contribution in [0.3, 0.4) is 0 Å². The van der Waals surface area contributed by atoms with Gasteiger partial charge in [-0.1, -0.05) is 0 Å². The zero-order chi connectivity index (χ0) is 23.3. The Kier molecular flexibility index (Phi) is 7.53. The maximum Gasteiger partial charge on any atom is 0.384 e. The highest BCUT2D eigenvalue weighted by Crippen LogP contribution is 2.61. The normalized spacial score (nSPS) is 19.0. The first-order valence-corrected chi connectivity index (χ1v) is 7.32. The molecule has 0 aliphatic carbocycles. The van der Waals surface area contributed by atoms with Crippen molar-refractivity contribution in [1.29, 1.82) is 0 Å². The van der Waals surface area contributed by atoms with Crippen LogP contribution in [0, 0.1) is 0 Å². The van der Waals surface area contributed by atoms with E-state index in [1.54, 1.807) is 0 Å². The first-order valence-electron chi connectivity index (χ1n) is 6.07. The van der Waals surface area contributed by atoms with E-state index in [0.717, 1.165) is 0 Å². The van der Waals surface area contributed by atoms with Crippen LogP contribution < -0.4 is 0 Å². The minimum Gasteiger partial charge on any atom is -0.238 e. The van der Waals surface area contributed by atoms with Crippen LogP contribution in [0.2, 0.25) is 0 Å². The van der Waals surface area contributed by atoms with Gasteiger partial charge in [-0.2, -0.15) is 52.7 Å². The highest BCUT2D eigenvalue weighted by Gasteiger charge is 2.91. The first kappa shape index (κ1) is 27.5. The molecule has 0 heterocycles. The number of halogens is 18. The molecule has 0 saturated carbocycles. The molecule has 0 N–H and O–H groups in total. The summed E-state index contributed by atoms with van der Waals surface area (Å²) in [5.41, 5.74) is 0. The topological polar surface area (TPSA) is 0 Å². The van der Waals surface area contributed by atoms with E-state index in [1.807, 2.05) is 0 Å². The fourth-order valence-corrected chi connectivity index (χ4v) is 1.84. The summed E-state index contributed by atoms with van der Waals surface area (Å²) in [6.07, 6.45) is -15.5. The van der Waals surface area contributed by atoms with Crippen molar-refractivity contribution < 1.29 is 74.6 Å². The van der Waals surface area contributed by atoms with Crippen LogP contribution in [0.4, 0.5) is 74.6 Å². The molecule has 0 amide bonds. The summed E-state index contributed by atoms with van der Waals surface area (Å²) < 4.78 is 214. The molecule has 3 atom stereocenters. The van der Waals surface area contributed by atoms with E-state index < -0.39 is 58.5 Å². The van der Waals surface area contributed by atoms with Crippen molar-refractivity contribution in [3.8, 4) is 0 Å². The molecule has 0 aliphatic rings. The molecule has 0 aliphatic heterocycles. The van der Waals surface area contributed by atoms with Crippen molar-refractivity contribution >= 4 is 22.6 Å². The smallest absolute Gasteiger partial charge is 0.238 e. The molecule has 28 heavy (non-hydrogen) atoms. The van der Waals surface area contributed by atoms with Gasteiger partial charge in [-0.15, -0.1) is 0 Å². The Balaban J connectivity index is 6.47. The van der Waals surface area contributed by atoms with Gasteiger partial charge in [0, 0.05) is 0 Å². The molecule has 0 fully saturated rings. The maximum atomic E-state index is 13.2. The molecule has 0 aromatic carbocycles. The van der Waals surface area contributed by atoms with Gasteiger partial charge < -0.3 is 0 Å². The van der Waals surface area contributed by atoms with Gasteiger partial charge in [-0.25, -0.2) is 22.0 Å². The Morgan fingerprint density at radius 3 is 1.00 bits per heavy atom. The summed E-state index contributed by atoms with van der Waals surface area (Å²) in [6, 6.07) is 0. The zero-order valence-electron chi connectivity index (χ0n) is 12.1. The number of hydrogen-bond donors (Lipinski definition) is 0. The third-order valence-corrected chi connectivity index (χ3v) is 3.94. The van der Waals surface area contributed by atoms with Crippen molar-refractivity contribution in [1.82, 2.24) is 0 Å². The molecular weight excluding hydrogens is 570 g/mol. The lowest BCUT2D eigenvalue weighted by atomic mass is 9.89. The van der Waals surface area contributed by atoms with E-state index in [4.69, 9.17) is 0 Å².